The molecule has 5 nitrogen and oxygen atoms in total. The summed E-state index contributed by atoms with van der Waals surface area (Å²) >= 11 is 0. The molecule has 0 spiro atoms. The number of hydrogen-bond donors (Lipinski definition) is 2. The highest BCUT2D eigenvalue weighted by atomic mass is 16.5. The zero-order chi connectivity index (χ0) is 13.8. The van der Waals surface area contributed by atoms with Crippen molar-refractivity contribution in [2.45, 2.75) is 26.4 Å². The van der Waals surface area contributed by atoms with E-state index in [1.165, 1.54) is 0 Å². The predicted molar refractivity (Wildman–Crippen MR) is 73.0 cm³/mol. The van der Waals surface area contributed by atoms with Crippen molar-refractivity contribution in [1.29, 1.82) is 5.26 Å². The number of nitrogens with one attached hydrogen (secondary N) is 2. The summed E-state index contributed by atoms with van der Waals surface area (Å²) in [6.45, 7) is 4.29. The minimum atomic E-state index is -0.464. The smallest absolute Gasteiger partial charge is 0.265 e. The standard InChI is InChI=1S/C14H17N3O2/c1-3-10(7-15)8-16-11-4-5-13-12(6-11)17-14(18)9(2)19-13/h4-6,9-10,16H,3,8H2,1-2H3,(H,17,18). The van der Waals surface area contributed by atoms with E-state index in [9.17, 15) is 4.79 Å². The molecule has 0 bridgehead atoms. The van der Waals surface area contributed by atoms with Crippen LogP contribution in [0.1, 0.15) is 20.3 Å². The summed E-state index contributed by atoms with van der Waals surface area (Å²) in [5.74, 6) is 0.514. The maximum Gasteiger partial charge on any atom is 0.265 e. The lowest BCUT2D eigenvalue weighted by atomic mass is 10.1. The van der Waals surface area contributed by atoms with Crippen molar-refractivity contribution in [3.05, 3.63) is 18.2 Å². The lowest BCUT2D eigenvalue weighted by Gasteiger charge is -2.24. The number of benzene rings is 1. The number of amides is 1. The third kappa shape index (κ3) is 2.97. The van der Waals surface area contributed by atoms with E-state index >= 15 is 0 Å². The van der Waals surface area contributed by atoms with E-state index in [4.69, 9.17) is 10.00 Å². The molecule has 0 saturated heterocycles. The van der Waals surface area contributed by atoms with Gasteiger partial charge in [0.05, 0.1) is 17.7 Å². The maximum absolute atomic E-state index is 11.5. The molecule has 0 radical (unpaired) electrons. The number of carbonyl (C=O) groups is 1. The van der Waals surface area contributed by atoms with Gasteiger partial charge in [0.1, 0.15) is 5.75 Å². The first-order chi connectivity index (χ1) is 9.13. The molecule has 2 unspecified atom stereocenters. The number of nitrogens with zero attached hydrogens (tertiary/aromatic N) is 1. The van der Waals surface area contributed by atoms with E-state index in [2.05, 4.69) is 16.7 Å². The van der Waals surface area contributed by atoms with Gasteiger partial charge in [-0.25, -0.2) is 0 Å². The zero-order valence-corrected chi connectivity index (χ0v) is 11.1. The number of carbonyl (C=O) groups excluding carboxylic acids is 1. The van der Waals surface area contributed by atoms with E-state index in [1.54, 1.807) is 6.92 Å². The molecule has 1 amide bonds. The van der Waals surface area contributed by atoms with E-state index in [1.807, 2.05) is 25.1 Å². The molecule has 0 aromatic heterocycles. The molecule has 1 aliphatic rings. The molecule has 0 fully saturated rings. The van der Waals surface area contributed by atoms with Crippen molar-refractivity contribution in [2.75, 3.05) is 17.2 Å². The quantitative estimate of drug-likeness (QED) is 0.870. The first-order valence-corrected chi connectivity index (χ1v) is 6.39. The van der Waals surface area contributed by atoms with Crippen LogP contribution in [0.4, 0.5) is 11.4 Å². The molecular formula is C14H17N3O2. The Morgan fingerprint density at radius 1 is 1.58 bits per heavy atom. The fraction of sp³-hybridized carbons (Fsp3) is 0.429. The minimum Gasteiger partial charge on any atom is -0.479 e. The number of ether oxygens (including phenoxy) is 1. The Hall–Kier alpha value is -2.22. The van der Waals surface area contributed by atoms with Crippen molar-refractivity contribution in [2.24, 2.45) is 5.92 Å². The van der Waals surface area contributed by atoms with Gasteiger partial charge in [-0.05, 0) is 31.5 Å². The van der Waals surface area contributed by atoms with Crippen LogP contribution < -0.4 is 15.4 Å². The SMILES string of the molecule is CCC(C#N)CNc1ccc2c(c1)NC(=O)C(C)O2. The average molecular weight is 259 g/mol. The van der Waals surface area contributed by atoms with Crippen molar-refractivity contribution in [3.8, 4) is 11.8 Å². The zero-order valence-electron chi connectivity index (χ0n) is 11.1. The Kier molecular flexibility index (Phi) is 3.91. The van der Waals surface area contributed by atoms with E-state index in [-0.39, 0.29) is 11.8 Å². The number of nitriles is 1. The molecule has 2 rings (SSSR count). The van der Waals surface area contributed by atoms with Crippen molar-refractivity contribution >= 4 is 17.3 Å². The molecule has 0 aliphatic carbocycles. The fourth-order valence-corrected chi connectivity index (χ4v) is 1.84. The summed E-state index contributed by atoms with van der Waals surface area (Å²) < 4.78 is 5.47. The summed E-state index contributed by atoms with van der Waals surface area (Å²) in [6.07, 6.45) is 0.348. The van der Waals surface area contributed by atoms with Crippen molar-refractivity contribution < 1.29 is 9.53 Å². The van der Waals surface area contributed by atoms with Gasteiger partial charge in [0.15, 0.2) is 6.10 Å². The van der Waals surface area contributed by atoms with Crippen LogP contribution in [0, 0.1) is 17.2 Å². The lowest BCUT2D eigenvalue weighted by Crippen LogP contribution is -2.34. The van der Waals surface area contributed by atoms with Gasteiger partial charge < -0.3 is 15.4 Å². The Bertz CT molecular complexity index is 522. The summed E-state index contributed by atoms with van der Waals surface area (Å²) in [5.41, 5.74) is 1.53. The van der Waals surface area contributed by atoms with Gasteiger partial charge in [-0.15, -0.1) is 0 Å². The third-order valence-electron chi connectivity index (χ3n) is 3.14. The second-order valence-electron chi connectivity index (χ2n) is 4.58. The van der Waals surface area contributed by atoms with Gasteiger partial charge in [-0.1, -0.05) is 6.92 Å². The van der Waals surface area contributed by atoms with E-state index < -0.39 is 6.10 Å². The van der Waals surface area contributed by atoms with Crippen LogP contribution in [0.25, 0.3) is 0 Å². The summed E-state index contributed by atoms with van der Waals surface area (Å²) in [7, 11) is 0. The maximum atomic E-state index is 11.5. The Morgan fingerprint density at radius 3 is 3.05 bits per heavy atom. The normalized spacial score (nSPS) is 18.6. The summed E-state index contributed by atoms with van der Waals surface area (Å²) in [5, 5.41) is 14.9. The molecule has 2 atom stereocenters. The van der Waals surface area contributed by atoms with Gasteiger partial charge in [0.25, 0.3) is 5.91 Å². The molecule has 1 aliphatic heterocycles. The highest BCUT2D eigenvalue weighted by Crippen LogP contribution is 2.32. The second kappa shape index (κ2) is 5.61. The topological polar surface area (TPSA) is 74.2 Å². The number of fused-ring (bicyclic) bond motifs is 1. The van der Waals surface area contributed by atoms with Crippen LogP contribution >= 0.6 is 0 Å². The molecule has 1 heterocycles. The van der Waals surface area contributed by atoms with Crippen LogP contribution in [0.15, 0.2) is 18.2 Å². The van der Waals surface area contributed by atoms with Crippen molar-refractivity contribution in [3.63, 3.8) is 0 Å². The van der Waals surface area contributed by atoms with Gasteiger partial charge in [-0.3, -0.25) is 4.79 Å². The highest BCUT2D eigenvalue weighted by Gasteiger charge is 2.23. The Morgan fingerprint density at radius 2 is 2.37 bits per heavy atom. The number of anilines is 2. The largest absolute Gasteiger partial charge is 0.479 e. The fourth-order valence-electron chi connectivity index (χ4n) is 1.84. The van der Waals surface area contributed by atoms with E-state index in [0.717, 1.165) is 12.1 Å². The molecular weight excluding hydrogens is 242 g/mol. The predicted octanol–water partition coefficient (Wildman–Crippen LogP) is 2.37. The lowest BCUT2D eigenvalue weighted by molar-refractivity contribution is -0.122. The second-order valence-corrected chi connectivity index (χ2v) is 4.58. The van der Waals surface area contributed by atoms with Crippen LogP contribution in [0.2, 0.25) is 0 Å². The minimum absolute atomic E-state index is 0.0121. The Labute approximate surface area is 112 Å². The average Bonchev–Trinajstić information content (AvgIpc) is 2.41. The first kappa shape index (κ1) is 13.2. The van der Waals surface area contributed by atoms with Gasteiger partial charge in [0, 0.05) is 12.2 Å². The first-order valence-electron chi connectivity index (χ1n) is 6.39. The van der Waals surface area contributed by atoms with Crippen LogP contribution in [-0.2, 0) is 4.79 Å². The van der Waals surface area contributed by atoms with Gasteiger partial charge >= 0.3 is 0 Å². The highest BCUT2D eigenvalue weighted by molar-refractivity contribution is 5.98. The number of hydrogen-bond acceptors (Lipinski definition) is 4. The molecule has 0 saturated carbocycles. The third-order valence-corrected chi connectivity index (χ3v) is 3.14. The van der Waals surface area contributed by atoms with Gasteiger partial charge in [0.2, 0.25) is 0 Å². The van der Waals surface area contributed by atoms with Crippen LogP contribution in [0.5, 0.6) is 5.75 Å². The summed E-state index contributed by atoms with van der Waals surface area (Å²) in [6, 6.07) is 7.77. The Balaban J connectivity index is 2.07. The van der Waals surface area contributed by atoms with Gasteiger partial charge in [-0.2, -0.15) is 5.26 Å². The summed E-state index contributed by atoms with van der Waals surface area (Å²) in [4.78, 5) is 11.5. The molecule has 1 aromatic carbocycles. The molecule has 19 heavy (non-hydrogen) atoms. The van der Waals surface area contributed by atoms with Crippen LogP contribution in [-0.4, -0.2) is 18.6 Å². The number of rotatable bonds is 4. The van der Waals surface area contributed by atoms with Crippen molar-refractivity contribution in [1.82, 2.24) is 0 Å². The van der Waals surface area contributed by atoms with Crippen LogP contribution in [0.3, 0.4) is 0 Å². The molecule has 5 heteroatoms. The van der Waals surface area contributed by atoms with E-state index in [0.29, 0.717) is 18.0 Å². The monoisotopic (exact) mass is 259 g/mol. The molecule has 1 aromatic rings. The molecule has 2 N–H and O–H groups in total. The molecule has 100 valence electrons.